The second-order valence-corrected chi connectivity index (χ2v) is 6.71. The molecule has 1 amide bonds. The maximum absolute atomic E-state index is 12.4. The number of nitrogens with zero attached hydrogens (tertiary/aromatic N) is 2. The van der Waals surface area contributed by atoms with E-state index in [1.807, 2.05) is 42.5 Å². The van der Waals surface area contributed by atoms with Crippen molar-refractivity contribution in [2.24, 2.45) is 5.92 Å². The average Bonchev–Trinajstić information content (AvgIpc) is 3.04. The van der Waals surface area contributed by atoms with Gasteiger partial charge in [-0.2, -0.15) is 0 Å². The molecule has 1 unspecified atom stereocenters. The lowest BCUT2D eigenvalue weighted by Crippen LogP contribution is -2.30. The number of carbonyl (C=O) groups is 1. The van der Waals surface area contributed by atoms with Gasteiger partial charge in [0.25, 0.3) is 0 Å². The van der Waals surface area contributed by atoms with Crippen LogP contribution in [0.3, 0.4) is 0 Å². The van der Waals surface area contributed by atoms with E-state index in [9.17, 15) is 4.79 Å². The summed E-state index contributed by atoms with van der Waals surface area (Å²) in [5.41, 5.74) is 2.85. The zero-order valence-corrected chi connectivity index (χ0v) is 14.7. The Bertz CT molecular complexity index is 793. The molecule has 130 valence electrons. The first-order valence-corrected chi connectivity index (χ1v) is 8.75. The van der Waals surface area contributed by atoms with Crippen molar-refractivity contribution in [3.8, 4) is 0 Å². The van der Waals surface area contributed by atoms with E-state index < -0.39 is 0 Å². The summed E-state index contributed by atoms with van der Waals surface area (Å²) in [6, 6.07) is 13.6. The Labute approximate surface area is 147 Å². The van der Waals surface area contributed by atoms with Crippen LogP contribution in [-0.4, -0.2) is 20.9 Å². The van der Waals surface area contributed by atoms with Crippen molar-refractivity contribution in [1.29, 1.82) is 0 Å². The molecule has 0 bridgehead atoms. The van der Waals surface area contributed by atoms with E-state index >= 15 is 0 Å². The van der Waals surface area contributed by atoms with E-state index in [-0.39, 0.29) is 11.9 Å². The van der Waals surface area contributed by atoms with E-state index in [1.54, 1.807) is 6.20 Å². The van der Waals surface area contributed by atoms with Gasteiger partial charge in [0.2, 0.25) is 5.91 Å². The van der Waals surface area contributed by atoms with E-state index in [2.05, 4.69) is 34.1 Å². The van der Waals surface area contributed by atoms with Crippen LogP contribution in [0.15, 0.2) is 48.7 Å². The molecule has 0 saturated heterocycles. The number of pyridine rings is 1. The van der Waals surface area contributed by atoms with E-state index in [4.69, 9.17) is 0 Å². The minimum atomic E-state index is -0.108. The number of imidazole rings is 1. The third-order valence-electron chi connectivity index (χ3n) is 4.11. The zero-order chi connectivity index (χ0) is 17.6. The highest BCUT2D eigenvalue weighted by Gasteiger charge is 2.19. The van der Waals surface area contributed by atoms with Crippen molar-refractivity contribution in [1.82, 2.24) is 20.3 Å². The van der Waals surface area contributed by atoms with Crippen molar-refractivity contribution < 1.29 is 4.79 Å². The van der Waals surface area contributed by atoms with E-state index in [0.29, 0.717) is 18.8 Å². The zero-order valence-electron chi connectivity index (χ0n) is 14.7. The highest BCUT2D eigenvalue weighted by atomic mass is 16.1. The maximum Gasteiger partial charge on any atom is 0.220 e. The lowest BCUT2D eigenvalue weighted by Gasteiger charge is -2.18. The van der Waals surface area contributed by atoms with E-state index in [0.717, 1.165) is 29.0 Å². The number of nitrogens with one attached hydrogen (secondary N) is 2. The fraction of sp³-hybridized carbons (Fsp3) is 0.350. The summed E-state index contributed by atoms with van der Waals surface area (Å²) in [4.78, 5) is 24.7. The number of aryl methyl sites for hydroxylation is 1. The van der Waals surface area contributed by atoms with Crippen LogP contribution in [0.5, 0.6) is 0 Å². The standard InChI is InChI=1S/C20H24N4O/c1-14(2)13-18(20-23-16-8-3-4-9-17(16)24-20)22-19(25)11-10-15-7-5-6-12-21-15/h3-9,12,14,18H,10-11,13H2,1-2H3,(H,22,25)(H,23,24). The summed E-state index contributed by atoms with van der Waals surface area (Å²) in [6.07, 6.45) is 3.66. The molecule has 0 aliphatic rings. The van der Waals surface area contributed by atoms with Crippen molar-refractivity contribution >= 4 is 16.9 Å². The van der Waals surface area contributed by atoms with Gasteiger partial charge in [-0.05, 0) is 43.0 Å². The molecule has 2 aromatic heterocycles. The van der Waals surface area contributed by atoms with Gasteiger partial charge >= 0.3 is 0 Å². The lowest BCUT2D eigenvalue weighted by molar-refractivity contribution is -0.122. The number of fused-ring (bicyclic) bond motifs is 1. The first-order chi connectivity index (χ1) is 12.1. The van der Waals surface area contributed by atoms with Gasteiger partial charge in [0.15, 0.2) is 0 Å². The molecule has 0 radical (unpaired) electrons. The molecule has 5 nitrogen and oxygen atoms in total. The monoisotopic (exact) mass is 336 g/mol. The summed E-state index contributed by atoms with van der Waals surface area (Å²) < 4.78 is 0. The summed E-state index contributed by atoms with van der Waals surface area (Å²) >= 11 is 0. The molecule has 0 aliphatic heterocycles. The van der Waals surface area contributed by atoms with Gasteiger partial charge in [0.05, 0.1) is 17.1 Å². The first kappa shape index (κ1) is 17.1. The second kappa shape index (κ2) is 7.92. The summed E-state index contributed by atoms with van der Waals surface area (Å²) in [5.74, 6) is 1.30. The van der Waals surface area contributed by atoms with Crippen LogP contribution in [-0.2, 0) is 11.2 Å². The molecule has 0 aliphatic carbocycles. The molecule has 0 saturated carbocycles. The molecule has 3 rings (SSSR count). The number of rotatable bonds is 7. The number of hydrogen-bond acceptors (Lipinski definition) is 3. The van der Waals surface area contributed by atoms with Gasteiger partial charge < -0.3 is 10.3 Å². The fourth-order valence-corrected chi connectivity index (χ4v) is 2.90. The molecule has 2 heterocycles. The molecule has 3 aromatic rings. The minimum absolute atomic E-state index is 0.0248. The third-order valence-corrected chi connectivity index (χ3v) is 4.11. The average molecular weight is 336 g/mol. The number of aromatic amines is 1. The van der Waals surface area contributed by atoms with Crippen molar-refractivity contribution in [2.45, 2.75) is 39.2 Å². The van der Waals surface area contributed by atoms with Gasteiger partial charge in [-0.25, -0.2) is 4.98 Å². The van der Waals surface area contributed by atoms with Crippen LogP contribution in [0.1, 0.15) is 44.2 Å². The number of hydrogen-bond donors (Lipinski definition) is 2. The second-order valence-electron chi connectivity index (χ2n) is 6.71. The molecule has 2 N–H and O–H groups in total. The van der Waals surface area contributed by atoms with Gasteiger partial charge in [-0.15, -0.1) is 0 Å². The Morgan fingerprint density at radius 2 is 1.96 bits per heavy atom. The number of H-pyrrole nitrogens is 1. The van der Waals surface area contributed by atoms with Gasteiger partial charge in [-0.1, -0.05) is 32.0 Å². The Balaban J connectivity index is 1.68. The predicted octanol–water partition coefficient (Wildman–Crippen LogP) is 3.79. The number of carbonyl (C=O) groups excluding carboxylic acids is 1. The van der Waals surface area contributed by atoms with Crippen LogP contribution in [0.2, 0.25) is 0 Å². The minimum Gasteiger partial charge on any atom is -0.346 e. The van der Waals surface area contributed by atoms with Crippen LogP contribution in [0, 0.1) is 5.92 Å². The quantitative estimate of drug-likeness (QED) is 0.689. The highest BCUT2D eigenvalue weighted by molar-refractivity contribution is 5.77. The van der Waals surface area contributed by atoms with Crippen molar-refractivity contribution in [2.75, 3.05) is 0 Å². The lowest BCUT2D eigenvalue weighted by atomic mass is 10.0. The molecule has 25 heavy (non-hydrogen) atoms. The number of amides is 1. The van der Waals surface area contributed by atoms with Crippen molar-refractivity contribution in [3.05, 3.63) is 60.2 Å². The Hall–Kier alpha value is -2.69. The SMILES string of the molecule is CC(C)CC(NC(=O)CCc1ccccn1)c1nc2ccccc2[nH]1. The molecule has 1 atom stereocenters. The smallest absolute Gasteiger partial charge is 0.220 e. The third kappa shape index (κ3) is 4.66. The molecular weight excluding hydrogens is 312 g/mol. The predicted molar refractivity (Wildman–Crippen MR) is 99.0 cm³/mol. The number of aromatic nitrogens is 3. The Morgan fingerprint density at radius 1 is 1.16 bits per heavy atom. The highest BCUT2D eigenvalue weighted by Crippen LogP contribution is 2.22. The van der Waals surface area contributed by atoms with Crippen LogP contribution < -0.4 is 5.32 Å². The largest absolute Gasteiger partial charge is 0.346 e. The van der Waals surface area contributed by atoms with Gasteiger partial charge in [0, 0.05) is 18.3 Å². The van der Waals surface area contributed by atoms with Crippen LogP contribution in [0.25, 0.3) is 11.0 Å². The van der Waals surface area contributed by atoms with Gasteiger partial charge in [0.1, 0.15) is 5.82 Å². The number of para-hydroxylation sites is 2. The first-order valence-electron chi connectivity index (χ1n) is 8.75. The molecule has 0 spiro atoms. The molecule has 0 fully saturated rings. The van der Waals surface area contributed by atoms with Gasteiger partial charge in [-0.3, -0.25) is 9.78 Å². The Kier molecular flexibility index (Phi) is 5.43. The topological polar surface area (TPSA) is 70.7 Å². The van der Waals surface area contributed by atoms with E-state index in [1.165, 1.54) is 0 Å². The van der Waals surface area contributed by atoms with Crippen molar-refractivity contribution in [3.63, 3.8) is 0 Å². The maximum atomic E-state index is 12.4. The Morgan fingerprint density at radius 3 is 2.68 bits per heavy atom. The normalized spacial score (nSPS) is 12.4. The fourth-order valence-electron chi connectivity index (χ4n) is 2.90. The molecular formula is C20H24N4O. The summed E-state index contributed by atoms with van der Waals surface area (Å²) in [6.45, 7) is 4.30. The molecule has 5 heteroatoms. The van der Waals surface area contributed by atoms with Crippen LogP contribution in [0.4, 0.5) is 0 Å². The van der Waals surface area contributed by atoms with Crippen LogP contribution >= 0.6 is 0 Å². The number of benzene rings is 1. The summed E-state index contributed by atoms with van der Waals surface area (Å²) in [5, 5.41) is 3.14. The summed E-state index contributed by atoms with van der Waals surface area (Å²) in [7, 11) is 0. The molecule has 1 aromatic carbocycles.